The molecule has 0 bridgehead atoms. The van der Waals surface area contributed by atoms with Crippen LogP contribution in [-0.2, 0) is 24.6 Å². The molecular formula is C15H34N6O6S. The second-order valence-corrected chi connectivity index (χ2v) is 8.38. The molecule has 12 nitrogen and oxygen atoms in total. The monoisotopic (exact) mass is 426 g/mol. The van der Waals surface area contributed by atoms with Crippen LogP contribution in [0.15, 0.2) is 4.99 Å². The molecule has 3 unspecified atom stereocenters. The molecule has 0 heterocycles. The van der Waals surface area contributed by atoms with Crippen LogP contribution in [0, 0.1) is 5.92 Å². The Hall–Kier alpha value is -1.35. The van der Waals surface area contributed by atoms with Gasteiger partial charge in [-0.05, 0) is 25.2 Å². The Balaban J connectivity index is 4.25. The number of carbonyl (C=O) groups is 1. The zero-order valence-corrected chi connectivity index (χ0v) is 17.2. The van der Waals surface area contributed by atoms with Gasteiger partial charge in [-0.25, -0.2) is 0 Å². The molecule has 13 heteroatoms. The maximum Gasteiger partial charge on any atom is 0.266 e. The van der Waals surface area contributed by atoms with Crippen LogP contribution in [0.4, 0.5) is 0 Å². The van der Waals surface area contributed by atoms with Crippen molar-refractivity contribution in [3.8, 4) is 0 Å². The topological polar surface area (TPSA) is 204 Å². The van der Waals surface area contributed by atoms with E-state index in [9.17, 15) is 13.2 Å². The van der Waals surface area contributed by atoms with Gasteiger partial charge in [0.1, 0.15) is 6.29 Å². The smallest absolute Gasteiger partial charge is 0.266 e. The Kier molecular flexibility index (Phi) is 13.9. The first kappa shape index (κ1) is 26.6. The summed E-state index contributed by atoms with van der Waals surface area (Å²) in [7, 11) is -4.16. The second kappa shape index (κ2) is 14.6. The van der Waals surface area contributed by atoms with Gasteiger partial charge < -0.3 is 22.0 Å². The van der Waals surface area contributed by atoms with Gasteiger partial charge in [0.25, 0.3) is 10.1 Å². The van der Waals surface area contributed by atoms with Crippen molar-refractivity contribution in [2.24, 2.45) is 28.1 Å². The van der Waals surface area contributed by atoms with Crippen LogP contribution >= 0.6 is 0 Å². The lowest BCUT2D eigenvalue weighted by Crippen LogP contribution is -2.42. The number of aliphatic imine (C=N–C) groups is 1. The van der Waals surface area contributed by atoms with Crippen LogP contribution in [-0.4, -0.2) is 68.9 Å². The summed E-state index contributed by atoms with van der Waals surface area (Å²) < 4.78 is 30.3. The average molecular weight is 427 g/mol. The molecule has 0 spiro atoms. The summed E-state index contributed by atoms with van der Waals surface area (Å²) >= 11 is 0. The summed E-state index contributed by atoms with van der Waals surface area (Å²) in [5.74, 6) is -0.258. The Morgan fingerprint density at radius 3 is 2.39 bits per heavy atom. The lowest BCUT2D eigenvalue weighted by molar-refractivity contribution is -0.115. The van der Waals surface area contributed by atoms with E-state index in [1.165, 1.54) is 0 Å². The third-order valence-corrected chi connectivity index (χ3v) is 4.23. The molecule has 0 aromatic heterocycles. The Labute approximate surface area is 166 Å². The standard InChI is InChI=1S/C15H34N6O6S/c1-11(2)6-14(21-26-8-12(16)10-28(23,24)25)9-27-20-13(7-22)4-3-5-19-15(17)18/h7,11-14,20-21H,3-6,8-10,16H2,1-2H3,(H4,17,18,19)(H,23,24,25). The number of hydrogen-bond acceptors (Lipinski definition) is 9. The molecule has 28 heavy (non-hydrogen) atoms. The summed E-state index contributed by atoms with van der Waals surface area (Å²) in [5.41, 5.74) is 21.5. The van der Waals surface area contributed by atoms with E-state index in [4.69, 9.17) is 31.4 Å². The second-order valence-electron chi connectivity index (χ2n) is 6.88. The Morgan fingerprint density at radius 2 is 1.86 bits per heavy atom. The number of carbonyl (C=O) groups excluding carboxylic acids is 1. The third kappa shape index (κ3) is 16.8. The van der Waals surface area contributed by atoms with Gasteiger partial charge in [-0.3, -0.25) is 19.2 Å². The summed E-state index contributed by atoms with van der Waals surface area (Å²) in [4.78, 5) is 25.5. The van der Waals surface area contributed by atoms with E-state index in [0.717, 1.165) is 6.29 Å². The summed E-state index contributed by atoms with van der Waals surface area (Å²) in [6.07, 6.45) is 2.56. The minimum absolute atomic E-state index is 0.00534. The van der Waals surface area contributed by atoms with Gasteiger partial charge in [-0.15, -0.1) is 0 Å². The highest BCUT2D eigenvalue weighted by atomic mass is 32.2. The van der Waals surface area contributed by atoms with E-state index >= 15 is 0 Å². The molecule has 0 rings (SSSR count). The molecular weight excluding hydrogens is 392 g/mol. The van der Waals surface area contributed by atoms with Crippen molar-refractivity contribution in [1.29, 1.82) is 0 Å². The number of hydrogen-bond donors (Lipinski definition) is 6. The van der Waals surface area contributed by atoms with E-state index in [-0.39, 0.29) is 25.2 Å². The molecule has 0 radical (unpaired) electrons. The number of aldehydes is 1. The van der Waals surface area contributed by atoms with E-state index in [0.29, 0.717) is 31.7 Å². The van der Waals surface area contributed by atoms with E-state index in [1.807, 2.05) is 13.8 Å². The van der Waals surface area contributed by atoms with Crippen LogP contribution in [0.3, 0.4) is 0 Å². The van der Waals surface area contributed by atoms with Gasteiger partial charge in [0.2, 0.25) is 0 Å². The van der Waals surface area contributed by atoms with Crippen LogP contribution in [0.1, 0.15) is 33.1 Å². The van der Waals surface area contributed by atoms with Crippen LogP contribution < -0.4 is 28.2 Å². The highest BCUT2D eigenvalue weighted by Crippen LogP contribution is 2.05. The molecule has 0 amide bonds. The SMILES string of the molecule is CC(C)CC(CONC(C=O)CCCN=C(N)N)NOCC(N)CS(=O)(=O)O. The van der Waals surface area contributed by atoms with E-state index in [2.05, 4.69) is 16.0 Å². The van der Waals surface area contributed by atoms with Gasteiger partial charge in [-0.2, -0.15) is 19.4 Å². The fourth-order valence-electron chi connectivity index (χ4n) is 2.24. The number of rotatable bonds is 17. The Morgan fingerprint density at radius 1 is 1.21 bits per heavy atom. The molecule has 0 saturated carbocycles. The van der Waals surface area contributed by atoms with Crippen molar-refractivity contribution in [1.82, 2.24) is 11.0 Å². The predicted molar refractivity (Wildman–Crippen MR) is 106 cm³/mol. The first-order valence-electron chi connectivity index (χ1n) is 8.99. The lowest BCUT2D eigenvalue weighted by atomic mass is 10.1. The van der Waals surface area contributed by atoms with Crippen molar-refractivity contribution < 1.29 is 27.4 Å². The number of nitrogens with two attached hydrogens (primary N) is 3. The summed E-state index contributed by atoms with van der Waals surface area (Å²) in [6, 6.07) is -1.59. The Bertz CT molecular complexity index is 555. The minimum atomic E-state index is -4.16. The van der Waals surface area contributed by atoms with Crippen LogP contribution in [0.5, 0.6) is 0 Å². The van der Waals surface area contributed by atoms with Crippen LogP contribution in [0.25, 0.3) is 0 Å². The van der Waals surface area contributed by atoms with Gasteiger partial charge in [0, 0.05) is 12.6 Å². The van der Waals surface area contributed by atoms with Gasteiger partial charge >= 0.3 is 0 Å². The van der Waals surface area contributed by atoms with Crippen molar-refractivity contribution in [3.63, 3.8) is 0 Å². The average Bonchev–Trinajstić information content (AvgIpc) is 2.54. The fourth-order valence-corrected chi connectivity index (χ4v) is 2.88. The highest BCUT2D eigenvalue weighted by molar-refractivity contribution is 7.85. The fraction of sp³-hybridized carbons (Fsp3) is 0.867. The number of guanidine groups is 1. The summed E-state index contributed by atoms with van der Waals surface area (Å²) in [5, 5.41) is 0. The first-order valence-corrected chi connectivity index (χ1v) is 10.6. The maximum atomic E-state index is 11.1. The van der Waals surface area contributed by atoms with Crippen molar-refractivity contribution >= 4 is 22.4 Å². The molecule has 3 atom stereocenters. The highest BCUT2D eigenvalue weighted by Gasteiger charge is 2.16. The van der Waals surface area contributed by atoms with Gasteiger partial charge in [0.05, 0.1) is 31.1 Å². The van der Waals surface area contributed by atoms with E-state index in [1.54, 1.807) is 0 Å². The predicted octanol–water partition coefficient (Wildman–Crippen LogP) is -1.72. The van der Waals surface area contributed by atoms with Gasteiger partial charge in [-0.1, -0.05) is 13.8 Å². The molecule has 0 aromatic rings. The first-order chi connectivity index (χ1) is 13.0. The third-order valence-electron chi connectivity index (χ3n) is 3.38. The lowest BCUT2D eigenvalue weighted by Gasteiger charge is -2.22. The van der Waals surface area contributed by atoms with E-state index < -0.39 is 28.0 Å². The number of nitrogens with zero attached hydrogens (tertiary/aromatic N) is 1. The molecule has 0 aliphatic rings. The van der Waals surface area contributed by atoms with Gasteiger partial charge in [0.15, 0.2) is 5.96 Å². The molecule has 0 fully saturated rings. The minimum Gasteiger partial charge on any atom is -0.370 e. The maximum absolute atomic E-state index is 11.1. The van der Waals surface area contributed by atoms with Crippen molar-refractivity contribution in [2.45, 2.75) is 51.2 Å². The molecule has 166 valence electrons. The quantitative estimate of drug-likeness (QED) is 0.0385. The molecule has 0 aliphatic carbocycles. The normalized spacial score (nSPS) is 15.2. The molecule has 9 N–H and O–H groups in total. The number of nitrogens with one attached hydrogen (secondary N) is 2. The van der Waals surface area contributed by atoms with Crippen LogP contribution in [0.2, 0.25) is 0 Å². The zero-order valence-electron chi connectivity index (χ0n) is 16.4. The largest absolute Gasteiger partial charge is 0.370 e. The zero-order chi connectivity index (χ0) is 21.6. The molecule has 0 aliphatic heterocycles. The van der Waals surface area contributed by atoms with Crippen molar-refractivity contribution in [2.75, 3.05) is 25.5 Å². The molecule has 0 saturated heterocycles. The number of hydroxylamine groups is 2. The summed E-state index contributed by atoms with van der Waals surface area (Å²) in [6.45, 7) is 4.55. The molecule has 0 aromatic carbocycles. The van der Waals surface area contributed by atoms with Crippen molar-refractivity contribution in [3.05, 3.63) is 0 Å².